The van der Waals surface area contributed by atoms with Crippen LogP contribution in [0.3, 0.4) is 0 Å². The third-order valence-corrected chi connectivity index (χ3v) is 3.20. The van der Waals surface area contributed by atoms with Gasteiger partial charge in [0.1, 0.15) is 5.75 Å². The Kier molecular flexibility index (Phi) is 6.18. The Hall–Kier alpha value is -2.56. The van der Waals surface area contributed by atoms with Crippen molar-refractivity contribution in [1.29, 1.82) is 0 Å². The van der Waals surface area contributed by atoms with E-state index in [9.17, 15) is 4.79 Å². The van der Waals surface area contributed by atoms with Crippen molar-refractivity contribution in [1.82, 2.24) is 4.98 Å². The molecule has 1 aromatic heterocycles. The second kappa shape index (κ2) is 8.34. The van der Waals surface area contributed by atoms with Crippen molar-refractivity contribution in [2.24, 2.45) is 5.92 Å². The minimum atomic E-state index is -0.187. The zero-order valence-corrected chi connectivity index (χ0v) is 14.7. The molecular formula is C19H25N3O2. The van der Waals surface area contributed by atoms with Gasteiger partial charge in [0.15, 0.2) is 0 Å². The SMILES string of the molecule is CC(C)CNc1cncc(C(=O)Nc2ccc(OC(C)C)cc2)c1. The number of amides is 1. The molecule has 1 heterocycles. The smallest absolute Gasteiger partial charge is 0.257 e. The third kappa shape index (κ3) is 5.57. The van der Waals surface area contributed by atoms with Crippen molar-refractivity contribution in [2.45, 2.75) is 33.8 Å². The summed E-state index contributed by atoms with van der Waals surface area (Å²) in [5.74, 6) is 1.12. The Labute approximate surface area is 143 Å². The number of hydrogen-bond donors (Lipinski definition) is 2. The van der Waals surface area contributed by atoms with Crippen LogP contribution in [0.4, 0.5) is 11.4 Å². The van der Waals surface area contributed by atoms with Gasteiger partial charge in [-0.2, -0.15) is 0 Å². The molecule has 2 aromatic rings. The van der Waals surface area contributed by atoms with Crippen LogP contribution in [-0.4, -0.2) is 23.5 Å². The minimum Gasteiger partial charge on any atom is -0.491 e. The molecule has 2 N–H and O–H groups in total. The zero-order chi connectivity index (χ0) is 17.5. The highest BCUT2D eigenvalue weighted by Gasteiger charge is 2.08. The van der Waals surface area contributed by atoms with Crippen LogP contribution in [-0.2, 0) is 0 Å². The number of nitrogens with one attached hydrogen (secondary N) is 2. The fourth-order valence-electron chi connectivity index (χ4n) is 2.08. The van der Waals surface area contributed by atoms with Crippen molar-refractivity contribution in [2.75, 3.05) is 17.2 Å². The van der Waals surface area contributed by atoms with Crippen LogP contribution >= 0.6 is 0 Å². The van der Waals surface area contributed by atoms with Gasteiger partial charge in [0, 0.05) is 24.6 Å². The molecular weight excluding hydrogens is 302 g/mol. The quantitative estimate of drug-likeness (QED) is 0.800. The summed E-state index contributed by atoms with van der Waals surface area (Å²) >= 11 is 0. The molecule has 5 heteroatoms. The van der Waals surface area contributed by atoms with Crippen LogP contribution in [0.5, 0.6) is 5.75 Å². The van der Waals surface area contributed by atoms with Crippen molar-refractivity contribution in [3.05, 3.63) is 48.3 Å². The number of ether oxygens (including phenoxy) is 1. The van der Waals surface area contributed by atoms with Gasteiger partial charge >= 0.3 is 0 Å². The predicted octanol–water partition coefficient (Wildman–Crippen LogP) is 4.19. The summed E-state index contributed by atoms with van der Waals surface area (Å²) in [4.78, 5) is 16.5. The van der Waals surface area contributed by atoms with Crippen LogP contribution in [0.25, 0.3) is 0 Å². The summed E-state index contributed by atoms with van der Waals surface area (Å²) in [7, 11) is 0. The molecule has 0 radical (unpaired) electrons. The summed E-state index contributed by atoms with van der Waals surface area (Å²) in [5, 5.41) is 6.14. The highest BCUT2D eigenvalue weighted by Crippen LogP contribution is 2.18. The van der Waals surface area contributed by atoms with E-state index in [1.165, 1.54) is 0 Å². The summed E-state index contributed by atoms with van der Waals surface area (Å²) < 4.78 is 5.59. The van der Waals surface area contributed by atoms with Gasteiger partial charge in [-0.15, -0.1) is 0 Å². The number of carbonyl (C=O) groups is 1. The van der Waals surface area contributed by atoms with Crippen molar-refractivity contribution < 1.29 is 9.53 Å². The highest BCUT2D eigenvalue weighted by molar-refractivity contribution is 6.04. The van der Waals surface area contributed by atoms with Crippen LogP contribution in [0, 0.1) is 5.92 Å². The Balaban J connectivity index is 2.00. The van der Waals surface area contributed by atoms with Crippen molar-refractivity contribution in [3.63, 3.8) is 0 Å². The summed E-state index contributed by atoms with van der Waals surface area (Å²) in [5.41, 5.74) is 2.08. The lowest BCUT2D eigenvalue weighted by Crippen LogP contribution is -2.14. The van der Waals surface area contributed by atoms with Gasteiger partial charge < -0.3 is 15.4 Å². The summed E-state index contributed by atoms with van der Waals surface area (Å²) in [6, 6.07) is 9.14. The lowest BCUT2D eigenvalue weighted by atomic mass is 10.2. The van der Waals surface area contributed by atoms with E-state index in [4.69, 9.17) is 4.74 Å². The molecule has 5 nitrogen and oxygen atoms in total. The topological polar surface area (TPSA) is 63.2 Å². The lowest BCUT2D eigenvalue weighted by Gasteiger charge is -2.11. The molecule has 0 saturated carbocycles. The standard InChI is InChI=1S/C19H25N3O2/c1-13(2)10-21-17-9-15(11-20-12-17)19(23)22-16-5-7-18(8-6-16)24-14(3)4/h5-9,11-14,21H,10H2,1-4H3,(H,22,23). The number of hydrogen-bond acceptors (Lipinski definition) is 4. The molecule has 0 aliphatic rings. The monoisotopic (exact) mass is 327 g/mol. The highest BCUT2D eigenvalue weighted by atomic mass is 16.5. The Morgan fingerprint density at radius 1 is 1.08 bits per heavy atom. The molecule has 0 aliphatic heterocycles. The lowest BCUT2D eigenvalue weighted by molar-refractivity contribution is 0.102. The summed E-state index contributed by atoms with van der Waals surface area (Å²) in [6.07, 6.45) is 3.40. The van der Waals surface area contributed by atoms with Crippen LogP contribution in [0.2, 0.25) is 0 Å². The first-order chi connectivity index (χ1) is 11.4. The van der Waals surface area contributed by atoms with Crippen LogP contribution < -0.4 is 15.4 Å². The van der Waals surface area contributed by atoms with E-state index in [1.54, 1.807) is 18.5 Å². The molecule has 0 spiro atoms. The van der Waals surface area contributed by atoms with E-state index >= 15 is 0 Å². The van der Waals surface area contributed by atoms with E-state index in [1.807, 2.05) is 38.1 Å². The zero-order valence-electron chi connectivity index (χ0n) is 14.7. The van der Waals surface area contributed by atoms with Gasteiger partial charge in [-0.25, -0.2) is 0 Å². The number of aromatic nitrogens is 1. The third-order valence-electron chi connectivity index (χ3n) is 3.20. The van der Waals surface area contributed by atoms with E-state index < -0.39 is 0 Å². The fraction of sp³-hybridized carbons (Fsp3) is 0.368. The normalized spacial score (nSPS) is 10.8. The van der Waals surface area contributed by atoms with Crippen LogP contribution in [0.15, 0.2) is 42.7 Å². The minimum absolute atomic E-state index is 0.123. The van der Waals surface area contributed by atoms with E-state index in [-0.39, 0.29) is 12.0 Å². The van der Waals surface area contributed by atoms with Gasteiger partial charge in [0.2, 0.25) is 0 Å². The summed E-state index contributed by atoms with van der Waals surface area (Å²) in [6.45, 7) is 9.05. The predicted molar refractivity (Wildman–Crippen MR) is 97.7 cm³/mol. The first-order valence-corrected chi connectivity index (χ1v) is 8.21. The van der Waals surface area contributed by atoms with Gasteiger partial charge in [-0.1, -0.05) is 13.8 Å². The largest absolute Gasteiger partial charge is 0.491 e. The van der Waals surface area contributed by atoms with E-state index in [0.717, 1.165) is 23.7 Å². The average molecular weight is 327 g/mol. The molecule has 128 valence electrons. The maximum atomic E-state index is 12.4. The number of rotatable bonds is 7. The Bertz CT molecular complexity index is 667. The van der Waals surface area contributed by atoms with Crippen molar-refractivity contribution in [3.8, 4) is 5.75 Å². The molecule has 24 heavy (non-hydrogen) atoms. The van der Waals surface area contributed by atoms with Gasteiger partial charge in [0.25, 0.3) is 5.91 Å². The molecule has 1 amide bonds. The Morgan fingerprint density at radius 3 is 2.42 bits per heavy atom. The first-order valence-electron chi connectivity index (χ1n) is 8.21. The number of carbonyl (C=O) groups excluding carboxylic acids is 1. The second-order valence-corrected chi connectivity index (χ2v) is 6.38. The Morgan fingerprint density at radius 2 is 1.79 bits per heavy atom. The number of anilines is 2. The molecule has 0 atom stereocenters. The molecule has 1 aromatic carbocycles. The van der Waals surface area contributed by atoms with Gasteiger partial charge in [-0.3, -0.25) is 9.78 Å². The molecule has 0 fully saturated rings. The molecule has 2 rings (SSSR count). The maximum Gasteiger partial charge on any atom is 0.257 e. The molecule has 0 bridgehead atoms. The molecule has 0 saturated heterocycles. The van der Waals surface area contributed by atoms with Crippen LogP contribution in [0.1, 0.15) is 38.1 Å². The number of pyridine rings is 1. The second-order valence-electron chi connectivity index (χ2n) is 6.38. The van der Waals surface area contributed by atoms with E-state index in [2.05, 4.69) is 29.5 Å². The van der Waals surface area contributed by atoms with Gasteiger partial charge in [0.05, 0.1) is 17.4 Å². The molecule has 0 unspecified atom stereocenters. The number of nitrogens with zero attached hydrogens (tertiary/aromatic N) is 1. The maximum absolute atomic E-state index is 12.4. The number of benzene rings is 1. The van der Waals surface area contributed by atoms with Gasteiger partial charge in [-0.05, 0) is 50.1 Å². The van der Waals surface area contributed by atoms with E-state index in [0.29, 0.717) is 11.5 Å². The van der Waals surface area contributed by atoms with Crippen molar-refractivity contribution >= 4 is 17.3 Å². The fourth-order valence-corrected chi connectivity index (χ4v) is 2.08. The average Bonchev–Trinajstić information content (AvgIpc) is 2.54. The molecule has 0 aliphatic carbocycles. The first kappa shape index (κ1) is 17.8.